The van der Waals surface area contributed by atoms with Crippen molar-refractivity contribution in [3.8, 4) is 0 Å². The molecule has 1 fully saturated rings. The fraction of sp³-hybridized carbons (Fsp3) is 0.583. The predicted molar refractivity (Wildman–Crippen MR) is 63.0 cm³/mol. The molecule has 0 atom stereocenters. The van der Waals surface area contributed by atoms with Crippen LogP contribution in [0.3, 0.4) is 0 Å². The molecule has 0 saturated carbocycles. The predicted octanol–water partition coefficient (Wildman–Crippen LogP) is 1.93. The Bertz CT molecular complexity index is 348. The topological polar surface area (TPSA) is 28.2 Å². The Kier molecular flexibility index (Phi) is 3.72. The van der Waals surface area contributed by atoms with Gasteiger partial charge in [-0.15, -0.1) is 0 Å². The zero-order valence-corrected chi connectivity index (χ0v) is 9.67. The maximum Gasteiger partial charge on any atom is 0.170 e. The van der Waals surface area contributed by atoms with Gasteiger partial charge in [-0.2, -0.15) is 0 Å². The highest BCUT2D eigenvalue weighted by Crippen LogP contribution is 2.23. The van der Waals surface area contributed by atoms with Crippen LogP contribution in [0.15, 0.2) is 12.3 Å². The number of hydrogen-bond acceptors (Lipinski definition) is 3. The van der Waals surface area contributed by atoms with E-state index in [9.17, 15) is 4.39 Å². The summed E-state index contributed by atoms with van der Waals surface area (Å²) in [6.07, 6.45) is 3.97. The summed E-state index contributed by atoms with van der Waals surface area (Å²) in [5, 5.41) is 3.14. The first-order valence-electron chi connectivity index (χ1n) is 5.92. The van der Waals surface area contributed by atoms with Crippen LogP contribution in [0, 0.1) is 5.82 Å². The van der Waals surface area contributed by atoms with E-state index in [2.05, 4.69) is 10.3 Å². The number of anilines is 1. The van der Waals surface area contributed by atoms with Crippen molar-refractivity contribution < 1.29 is 4.39 Å². The lowest BCUT2D eigenvalue weighted by molar-refractivity contribution is 0.584. The van der Waals surface area contributed by atoms with Crippen molar-refractivity contribution in [1.29, 1.82) is 0 Å². The normalized spacial score (nSPS) is 15.8. The fourth-order valence-corrected chi connectivity index (χ4v) is 2.02. The van der Waals surface area contributed by atoms with Crippen LogP contribution in [0.2, 0.25) is 0 Å². The summed E-state index contributed by atoms with van der Waals surface area (Å²) in [7, 11) is 0. The van der Waals surface area contributed by atoms with E-state index in [0.717, 1.165) is 32.5 Å². The molecule has 0 aromatic carbocycles. The zero-order chi connectivity index (χ0) is 11.4. The van der Waals surface area contributed by atoms with Crippen LogP contribution in [0.1, 0.15) is 25.3 Å². The average Bonchev–Trinajstić information content (AvgIpc) is 2.81. The highest BCUT2D eigenvalue weighted by Gasteiger charge is 2.18. The number of halogens is 1. The van der Waals surface area contributed by atoms with Gasteiger partial charge < -0.3 is 10.2 Å². The minimum absolute atomic E-state index is 0.162. The third-order valence-corrected chi connectivity index (χ3v) is 2.92. The lowest BCUT2D eigenvalue weighted by Crippen LogP contribution is -2.22. The molecular formula is C12H18FN3. The third kappa shape index (κ3) is 2.32. The van der Waals surface area contributed by atoms with Crippen molar-refractivity contribution >= 4 is 5.82 Å². The molecule has 3 nitrogen and oxygen atoms in total. The lowest BCUT2D eigenvalue weighted by Gasteiger charge is -2.18. The average molecular weight is 223 g/mol. The third-order valence-electron chi connectivity index (χ3n) is 2.92. The van der Waals surface area contributed by atoms with Crippen molar-refractivity contribution in [3.63, 3.8) is 0 Å². The highest BCUT2D eigenvalue weighted by molar-refractivity contribution is 5.43. The van der Waals surface area contributed by atoms with E-state index in [1.165, 1.54) is 0 Å². The molecule has 0 spiro atoms. The molecule has 4 heteroatoms. The van der Waals surface area contributed by atoms with E-state index in [4.69, 9.17) is 0 Å². The Balaban J connectivity index is 2.18. The maximum absolute atomic E-state index is 14.1. The summed E-state index contributed by atoms with van der Waals surface area (Å²) >= 11 is 0. The van der Waals surface area contributed by atoms with Gasteiger partial charge in [-0.25, -0.2) is 9.37 Å². The Morgan fingerprint density at radius 1 is 1.44 bits per heavy atom. The molecule has 0 amide bonds. The molecule has 2 rings (SSSR count). The number of pyridine rings is 1. The molecular weight excluding hydrogens is 205 g/mol. The van der Waals surface area contributed by atoms with Gasteiger partial charge in [-0.05, 0) is 25.5 Å². The fourth-order valence-electron chi connectivity index (χ4n) is 2.02. The van der Waals surface area contributed by atoms with Crippen molar-refractivity contribution in [3.05, 3.63) is 23.6 Å². The lowest BCUT2D eigenvalue weighted by atomic mass is 10.2. The van der Waals surface area contributed by atoms with Crippen LogP contribution in [0.4, 0.5) is 10.2 Å². The van der Waals surface area contributed by atoms with Crippen LogP contribution in [0.25, 0.3) is 0 Å². The second-order valence-electron chi connectivity index (χ2n) is 4.08. The summed E-state index contributed by atoms with van der Waals surface area (Å²) in [5.41, 5.74) is 0.707. The summed E-state index contributed by atoms with van der Waals surface area (Å²) in [5.74, 6) is 0.359. The smallest absolute Gasteiger partial charge is 0.170 e. The van der Waals surface area contributed by atoms with Gasteiger partial charge in [-0.3, -0.25) is 0 Å². The van der Waals surface area contributed by atoms with Gasteiger partial charge in [0, 0.05) is 31.4 Å². The van der Waals surface area contributed by atoms with E-state index in [0.29, 0.717) is 17.9 Å². The van der Waals surface area contributed by atoms with Crippen LogP contribution < -0.4 is 10.2 Å². The minimum atomic E-state index is -0.162. The second-order valence-corrected chi connectivity index (χ2v) is 4.08. The Morgan fingerprint density at radius 3 is 2.88 bits per heavy atom. The van der Waals surface area contributed by atoms with Crippen LogP contribution in [0.5, 0.6) is 0 Å². The van der Waals surface area contributed by atoms with Gasteiger partial charge in [0.2, 0.25) is 0 Å². The molecule has 1 aliphatic heterocycles. The number of nitrogens with one attached hydrogen (secondary N) is 1. The number of hydrogen-bond donors (Lipinski definition) is 1. The van der Waals surface area contributed by atoms with Crippen molar-refractivity contribution in [1.82, 2.24) is 10.3 Å². The number of nitrogens with zero attached hydrogens (tertiary/aromatic N) is 2. The summed E-state index contributed by atoms with van der Waals surface area (Å²) in [6, 6.07) is 1.75. The molecule has 1 aromatic rings. The maximum atomic E-state index is 14.1. The summed E-state index contributed by atoms with van der Waals surface area (Å²) < 4.78 is 14.1. The van der Waals surface area contributed by atoms with Gasteiger partial charge in [0.25, 0.3) is 0 Å². The van der Waals surface area contributed by atoms with Crippen LogP contribution in [-0.4, -0.2) is 24.6 Å². The number of rotatable bonds is 4. The quantitative estimate of drug-likeness (QED) is 0.845. The molecule has 1 N–H and O–H groups in total. The van der Waals surface area contributed by atoms with E-state index in [1.54, 1.807) is 12.3 Å². The molecule has 0 radical (unpaired) electrons. The molecule has 0 bridgehead atoms. The van der Waals surface area contributed by atoms with Crippen molar-refractivity contribution in [2.75, 3.05) is 24.5 Å². The van der Waals surface area contributed by atoms with Gasteiger partial charge in [0.1, 0.15) is 0 Å². The number of aromatic nitrogens is 1. The molecule has 88 valence electrons. The second kappa shape index (κ2) is 5.25. The van der Waals surface area contributed by atoms with Gasteiger partial charge >= 0.3 is 0 Å². The first-order valence-corrected chi connectivity index (χ1v) is 5.92. The van der Waals surface area contributed by atoms with Crippen LogP contribution >= 0.6 is 0 Å². The van der Waals surface area contributed by atoms with Crippen LogP contribution in [-0.2, 0) is 6.54 Å². The Labute approximate surface area is 95.7 Å². The zero-order valence-electron chi connectivity index (χ0n) is 9.67. The largest absolute Gasteiger partial charge is 0.354 e. The molecule has 0 aliphatic carbocycles. The first kappa shape index (κ1) is 11.3. The first-order chi connectivity index (χ1) is 7.83. The van der Waals surface area contributed by atoms with E-state index >= 15 is 0 Å². The molecule has 0 unspecified atom stereocenters. The Morgan fingerprint density at radius 2 is 2.19 bits per heavy atom. The molecule has 1 saturated heterocycles. The van der Waals surface area contributed by atoms with E-state index in [1.807, 2.05) is 11.8 Å². The minimum Gasteiger partial charge on any atom is -0.354 e. The summed E-state index contributed by atoms with van der Waals surface area (Å²) in [4.78, 5) is 6.18. The van der Waals surface area contributed by atoms with Gasteiger partial charge in [-0.1, -0.05) is 6.92 Å². The van der Waals surface area contributed by atoms with Crippen molar-refractivity contribution in [2.24, 2.45) is 0 Å². The molecule has 1 aliphatic rings. The van der Waals surface area contributed by atoms with Crippen molar-refractivity contribution in [2.45, 2.75) is 26.3 Å². The van der Waals surface area contributed by atoms with E-state index < -0.39 is 0 Å². The standard InChI is InChI=1S/C12H18FN3/c1-2-14-9-10-5-6-15-12(11(10)13)16-7-3-4-8-16/h5-6,14H,2-4,7-9H2,1H3. The molecule has 1 aromatic heterocycles. The Hall–Kier alpha value is -1.16. The highest BCUT2D eigenvalue weighted by atomic mass is 19.1. The SMILES string of the molecule is CCNCc1ccnc(N2CCCC2)c1F. The molecule has 2 heterocycles. The van der Waals surface area contributed by atoms with Gasteiger partial charge in [0.05, 0.1) is 0 Å². The summed E-state index contributed by atoms with van der Waals surface area (Å²) in [6.45, 7) is 5.29. The monoisotopic (exact) mass is 223 g/mol. The van der Waals surface area contributed by atoms with Gasteiger partial charge in [0.15, 0.2) is 11.6 Å². The molecule has 16 heavy (non-hydrogen) atoms. The van der Waals surface area contributed by atoms with E-state index in [-0.39, 0.29) is 5.82 Å².